The summed E-state index contributed by atoms with van der Waals surface area (Å²) in [6, 6.07) is 1.95. The topological polar surface area (TPSA) is 113 Å². The zero-order valence-corrected chi connectivity index (χ0v) is 18.4. The molecule has 4 rings (SSSR count). The van der Waals surface area contributed by atoms with Gasteiger partial charge in [-0.25, -0.2) is 19.6 Å². The molecule has 1 saturated heterocycles. The zero-order valence-electron chi connectivity index (χ0n) is 18.4. The Kier molecular flexibility index (Phi) is 5.71. The number of nitrogens with zero attached hydrogens (tertiary/aromatic N) is 7. The molecule has 0 atom stereocenters. The molecule has 1 aliphatic rings. The van der Waals surface area contributed by atoms with Gasteiger partial charge in [0.15, 0.2) is 0 Å². The van der Waals surface area contributed by atoms with Crippen LogP contribution < -0.4 is 10.5 Å². The highest BCUT2D eigenvalue weighted by atomic mass is 16.2. The van der Waals surface area contributed by atoms with Crippen LogP contribution in [0.2, 0.25) is 0 Å². The van der Waals surface area contributed by atoms with E-state index in [1.165, 1.54) is 0 Å². The third kappa shape index (κ3) is 4.42. The number of aromatic amines is 1. The summed E-state index contributed by atoms with van der Waals surface area (Å²) in [4.78, 5) is 44.9. The van der Waals surface area contributed by atoms with Crippen LogP contribution in [0.3, 0.4) is 0 Å². The molecule has 0 saturated carbocycles. The first kappa shape index (κ1) is 21.0. The van der Waals surface area contributed by atoms with Gasteiger partial charge < -0.3 is 14.8 Å². The molecule has 0 aromatic carbocycles. The van der Waals surface area contributed by atoms with E-state index in [1.54, 1.807) is 10.9 Å². The Morgan fingerprint density at radius 3 is 2.61 bits per heavy atom. The lowest BCUT2D eigenvalue weighted by Gasteiger charge is -2.32. The van der Waals surface area contributed by atoms with E-state index in [-0.39, 0.29) is 17.4 Å². The van der Waals surface area contributed by atoms with Crippen LogP contribution in [0.5, 0.6) is 0 Å². The zero-order chi connectivity index (χ0) is 22.1. The molecule has 1 fully saturated rings. The fraction of sp³-hybridized carbons (Fsp3) is 0.524. The van der Waals surface area contributed by atoms with Crippen LogP contribution in [0.4, 0.5) is 5.95 Å². The number of carbonyl (C=O) groups excluding carboxylic acids is 1. The molecule has 10 nitrogen and oxygen atoms in total. The molecule has 1 amide bonds. The molecule has 0 radical (unpaired) electrons. The molecule has 4 heterocycles. The Hall–Kier alpha value is -3.30. The number of carbonyl (C=O) groups is 1. The van der Waals surface area contributed by atoms with Gasteiger partial charge in [0, 0.05) is 51.4 Å². The van der Waals surface area contributed by atoms with Gasteiger partial charge in [0.1, 0.15) is 11.6 Å². The van der Waals surface area contributed by atoms with Crippen LogP contribution in [0, 0.1) is 13.8 Å². The van der Waals surface area contributed by atoms with Crippen molar-refractivity contribution < 1.29 is 4.79 Å². The second-order valence-electron chi connectivity index (χ2n) is 8.25. The number of amides is 1. The Morgan fingerprint density at radius 1 is 1.23 bits per heavy atom. The standard InChI is InChI=1S/C21H28N8O2/c1-13-23-14(2)29(26-13)10-7-19(30)28-8-5-15(6-9-28)17-11-18-16(20(31)24-17)12-22-21(25-18)27(3)4/h11-12,15H,5-10H2,1-4H3,(H,24,31). The van der Waals surface area contributed by atoms with Gasteiger partial charge in [0.05, 0.1) is 17.4 Å². The van der Waals surface area contributed by atoms with E-state index >= 15 is 0 Å². The Morgan fingerprint density at radius 2 is 1.97 bits per heavy atom. The summed E-state index contributed by atoms with van der Waals surface area (Å²) in [6.07, 6.45) is 3.59. The van der Waals surface area contributed by atoms with E-state index in [9.17, 15) is 9.59 Å². The number of anilines is 1. The van der Waals surface area contributed by atoms with Gasteiger partial charge in [0.25, 0.3) is 5.56 Å². The molecule has 0 unspecified atom stereocenters. The van der Waals surface area contributed by atoms with Crippen LogP contribution in [-0.4, -0.2) is 67.7 Å². The minimum atomic E-state index is -0.171. The highest BCUT2D eigenvalue weighted by molar-refractivity contribution is 5.78. The largest absolute Gasteiger partial charge is 0.347 e. The Bertz CT molecular complexity index is 1160. The fourth-order valence-corrected chi connectivity index (χ4v) is 4.06. The second kappa shape index (κ2) is 8.44. The van der Waals surface area contributed by atoms with Crippen molar-refractivity contribution in [1.29, 1.82) is 0 Å². The van der Waals surface area contributed by atoms with E-state index in [0.29, 0.717) is 42.9 Å². The van der Waals surface area contributed by atoms with Gasteiger partial charge in [-0.15, -0.1) is 0 Å². The monoisotopic (exact) mass is 424 g/mol. The van der Waals surface area contributed by atoms with Crippen LogP contribution in [-0.2, 0) is 11.3 Å². The summed E-state index contributed by atoms with van der Waals surface area (Å²) in [5, 5.41) is 4.80. The molecule has 10 heteroatoms. The number of nitrogens with one attached hydrogen (secondary N) is 1. The van der Waals surface area contributed by atoms with Gasteiger partial charge in [-0.1, -0.05) is 0 Å². The summed E-state index contributed by atoms with van der Waals surface area (Å²) < 4.78 is 1.78. The van der Waals surface area contributed by atoms with Crippen molar-refractivity contribution >= 4 is 22.8 Å². The lowest BCUT2D eigenvalue weighted by molar-refractivity contribution is -0.132. The minimum Gasteiger partial charge on any atom is -0.347 e. The average Bonchev–Trinajstić information content (AvgIpc) is 3.08. The highest BCUT2D eigenvalue weighted by Gasteiger charge is 2.25. The molecule has 0 spiro atoms. The summed E-state index contributed by atoms with van der Waals surface area (Å²) in [5.41, 5.74) is 1.35. The molecule has 164 valence electrons. The molecule has 0 aliphatic carbocycles. The van der Waals surface area contributed by atoms with Crippen LogP contribution in [0.15, 0.2) is 17.1 Å². The van der Waals surface area contributed by atoms with E-state index in [2.05, 4.69) is 25.0 Å². The number of aromatic nitrogens is 6. The van der Waals surface area contributed by atoms with Gasteiger partial charge >= 0.3 is 0 Å². The maximum absolute atomic E-state index is 12.6. The van der Waals surface area contributed by atoms with Crippen molar-refractivity contribution in [3.63, 3.8) is 0 Å². The molecule has 1 N–H and O–H groups in total. The number of hydrogen-bond acceptors (Lipinski definition) is 7. The minimum absolute atomic E-state index is 0.126. The number of likely N-dealkylation sites (tertiary alicyclic amines) is 1. The number of H-pyrrole nitrogens is 1. The Labute approximate surface area is 180 Å². The number of rotatable bonds is 5. The van der Waals surface area contributed by atoms with E-state index in [4.69, 9.17) is 0 Å². The van der Waals surface area contributed by atoms with Crippen molar-refractivity contribution in [3.8, 4) is 0 Å². The van der Waals surface area contributed by atoms with Crippen molar-refractivity contribution in [1.82, 2.24) is 34.6 Å². The summed E-state index contributed by atoms with van der Waals surface area (Å²) in [6.45, 7) is 5.63. The smallest absolute Gasteiger partial charge is 0.259 e. The van der Waals surface area contributed by atoms with E-state index in [1.807, 2.05) is 43.8 Å². The summed E-state index contributed by atoms with van der Waals surface area (Å²) >= 11 is 0. The quantitative estimate of drug-likeness (QED) is 0.658. The van der Waals surface area contributed by atoms with Crippen LogP contribution >= 0.6 is 0 Å². The number of pyridine rings is 1. The maximum atomic E-state index is 12.6. The number of aryl methyl sites for hydroxylation is 3. The van der Waals surface area contributed by atoms with Crippen molar-refractivity contribution in [2.45, 2.75) is 45.6 Å². The molecular formula is C21H28N8O2. The third-order valence-electron chi connectivity index (χ3n) is 5.79. The maximum Gasteiger partial charge on any atom is 0.259 e. The number of hydrogen-bond donors (Lipinski definition) is 1. The lowest BCUT2D eigenvalue weighted by atomic mass is 9.92. The van der Waals surface area contributed by atoms with Crippen LogP contribution in [0.25, 0.3) is 10.9 Å². The molecule has 31 heavy (non-hydrogen) atoms. The van der Waals surface area contributed by atoms with Gasteiger partial charge in [0.2, 0.25) is 11.9 Å². The van der Waals surface area contributed by atoms with Crippen molar-refractivity contribution in [2.75, 3.05) is 32.1 Å². The SMILES string of the molecule is Cc1nc(C)n(CCC(=O)N2CCC(c3cc4nc(N(C)C)ncc4c(=O)[nH]3)CC2)n1. The van der Waals surface area contributed by atoms with E-state index in [0.717, 1.165) is 30.2 Å². The first-order chi connectivity index (χ1) is 14.8. The average molecular weight is 425 g/mol. The molecule has 3 aromatic heterocycles. The lowest BCUT2D eigenvalue weighted by Crippen LogP contribution is -2.38. The predicted molar refractivity (Wildman–Crippen MR) is 117 cm³/mol. The van der Waals surface area contributed by atoms with Gasteiger partial charge in [-0.3, -0.25) is 9.59 Å². The van der Waals surface area contributed by atoms with E-state index < -0.39 is 0 Å². The Balaban J connectivity index is 1.41. The molecule has 0 bridgehead atoms. The summed E-state index contributed by atoms with van der Waals surface area (Å²) in [7, 11) is 3.74. The molecule has 3 aromatic rings. The first-order valence-corrected chi connectivity index (χ1v) is 10.5. The van der Waals surface area contributed by atoms with Crippen LogP contribution in [0.1, 0.15) is 42.5 Å². The predicted octanol–water partition coefficient (Wildman–Crippen LogP) is 1.39. The number of fused-ring (bicyclic) bond motifs is 1. The van der Waals surface area contributed by atoms with Gasteiger partial charge in [-0.05, 0) is 32.8 Å². The normalized spacial score (nSPS) is 14.9. The fourth-order valence-electron chi connectivity index (χ4n) is 4.06. The van der Waals surface area contributed by atoms with Crippen molar-refractivity contribution in [2.24, 2.45) is 0 Å². The number of piperidine rings is 1. The first-order valence-electron chi connectivity index (χ1n) is 10.5. The molecular weight excluding hydrogens is 396 g/mol. The summed E-state index contributed by atoms with van der Waals surface area (Å²) in [5.74, 6) is 2.44. The highest BCUT2D eigenvalue weighted by Crippen LogP contribution is 2.27. The van der Waals surface area contributed by atoms with Gasteiger partial charge in [-0.2, -0.15) is 5.10 Å². The third-order valence-corrected chi connectivity index (χ3v) is 5.79. The van der Waals surface area contributed by atoms with Crippen molar-refractivity contribution in [3.05, 3.63) is 40.0 Å². The molecule has 1 aliphatic heterocycles. The second-order valence-corrected chi connectivity index (χ2v) is 8.25.